The Morgan fingerprint density at radius 2 is 2.16 bits per heavy atom. The third-order valence-electron chi connectivity index (χ3n) is 4.42. The maximum atomic E-state index is 5.97. The Hall–Kier alpha value is -1.06. The quantitative estimate of drug-likeness (QED) is 0.904. The largest absolute Gasteiger partial charge is 0.373 e. The lowest BCUT2D eigenvalue weighted by molar-refractivity contribution is 0.0601. The van der Waals surface area contributed by atoms with E-state index in [1.54, 1.807) is 0 Å². The summed E-state index contributed by atoms with van der Waals surface area (Å²) in [5, 5.41) is 0. The van der Waals surface area contributed by atoms with E-state index in [1.807, 2.05) is 0 Å². The zero-order valence-corrected chi connectivity index (χ0v) is 11.7. The number of anilines is 1. The van der Waals surface area contributed by atoms with Crippen LogP contribution in [0, 0.1) is 0 Å². The number of hydrogen-bond donors (Lipinski definition) is 1. The first-order valence-corrected chi connectivity index (χ1v) is 7.47. The first-order valence-electron chi connectivity index (χ1n) is 7.47. The van der Waals surface area contributed by atoms with Crippen molar-refractivity contribution in [1.29, 1.82) is 0 Å². The molecule has 3 nitrogen and oxygen atoms in total. The van der Waals surface area contributed by atoms with E-state index in [1.165, 1.54) is 24.1 Å². The Morgan fingerprint density at radius 1 is 1.32 bits per heavy atom. The fraction of sp³-hybridized carbons (Fsp3) is 0.625. The predicted octanol–water partition coefficient (Wildman–Crippen LogP) is 2.51. The molecule has 1 fully saturated rings. The first-order chi connectivity index (χ1) is 9.28. The highest BCUT2D eigenvalue weighted by atomic mass is 16.5. The molecule has 1 aromatic rings. The highest BCUT2D eigenvalue weighted by Gasteiger charge is 2.31. The average Bonchev–Trinajstić information content (AvgIpc) is 2.97. The summed E-state index contributed by atoms with van der Waals surface area (Å²) in [5.41, 5.74) is 8.61. The Labute approximate surface area is 115 Å². The Kier molecular flexibility index (Phi) is 3.76. The van der Waals surface area contributed by atoms with E-state index >= 15 is 0 Å². The second-order valence-electron chi connectivity index (χ2n) is 5.88. The van der Waals surface area contributed by atoms with Gasteiger partial charge in [0, 0.05) is 24.7 Å². The van der Waals surface area contributed by atoms with Crippen molar-refractivity contribution in [2.24, 2.45) is 5.73 Å². The van der Waals surface area contributed by atoms with Crippen molar-refractivity contribution < 1.29 is 4.74 Å². The molecule has 0 bridgehead atoms. The van der Waals surface area contributed by atoms with E-state index in [0.29, 0.717) is 18.1 Å². The fourth-order valence-corrected chi connectivity index (χ4v) is 3.47. The van der Waals surface area contributed by atoms with Crippen LogP contribution >= 0.6 is 0 Å². The zero-order chi connectivity index (χ0) is 13.2. The minimum absolute atomic E-state index is 0.402. The van der Waals surface area contributed by atoms with Crippen molar-refractivity contribution in [3.8, 4) is 0 Å². The summed E-state index contributed by atoms with van der Waals surface area (Å²) in [6.45, 7) is 5.08. The van der Waals surface area contributed by atoms with Crippen LogP contribution in [0.2, 0.25) is 0 Å². The fourth-order valence-electron chi connectivity index (χ4n) is 3.47. The molecule has 1 aromatic carbocycles. The Morgan fingerprint density at radius 3 is 2.89 bits per heavy atom. The molecule has 0 aliphatic carbocycles. The number of ether oxygens (including phenoxy) is 1. The predicted molar refractivity (Wildman–Crippen MR) is 78.6 cm³/mol. The van der Waals surface area contributed by atoms with Crippen LogP contribution in [-0.4, -0.2) is 31.8 Å². The van der Waals surface area contributed by atoms with Crippen LogP contribution in [0.3, 0.4) is 0 Å². The lowest BCUT2D eigenvalue weighted by Crippen LogP contribution is -2.32. The maximum Gasteiger partial charge on any atom is 0.0754 e. The lowest BCUT2D eigenvalue weighted by atomic mass is 9.98. The van der Waals surface area contributed by atoms with E-state index in [2.05, 4.69) is 36.1 Å². The summed E-state index contributed by atoms with van der Waals surface area (Å²) in [4.78, 5) is 2.50. The summed E-state index contributed by atoms with van der Waals surface area (Å²) in [6, 6.07) is 8.77. The number of nitrogens with two attached hydrogens (primary N) is 1. The van der Waals surface area contributed by atoms with Gasteiger partial charge in [-0.3, -0.25) is 0 Å². The average molecular weight is 260 g/mol. The van der Waals surface area contributed by atoms with Crippen LogP contribution in [0.1, 0.15) is 37.7 Å². The third-order valence-corrected chi connectivity index (χ3v) is 4.42. The molecular weight excluding hydrogens is 236 g/mol. The topological polar surface area (TPSA) is 38.5 Å². The van der Waals surface area contributed by atoms with Gasteiger partial charge in [0.25, 0.3) is 0 Å². The van der Waals surface area contributed by atoms with Gasteiger partial charge in [-0.15, -0.1) is 0 Å². The van der Waals surface area contributed by atoms with Crippen molar-refractivity contribution in [2.45, 2.75) is 44.3 Å². The van der Waals surface area contributed by atoms with Gasteiger partial charge in [0.05, 0.1) is 12.2 Å². The number of fused-ring (bicyclic) bond motifs is 1. The normalized spacial score (nSPS) is 29.8. The van der Waals surface area contributed by atoms with Crippen LogP contribution in [-0.2, 0) is 4.74 Å². The molecule has 0 aromatic heterocycles. The monoisotopic (exact) mass is 260 g/mol. The molecule has 3 atom stereocenters. The van der Waals surface area contributed by atoms with Gasteiger partial charge in [-0.05, 0) is 44.4 Å². The van der Waals surface area contributed by atoms with Crippen LogP contribution in [0.5, 0.6) is 0 Å². The van der Waals surface area contributed by atoms with Crippen LogP contribution in [0.4, 0.5) is 5.69 Å². The van der Waals surface area contributed by atoms with Gasteiger partial charge in [0.2, 0.25) is 0 Å². The molecule has 104 valence electrons. The van der Waals surface area contributed by atoms with Gasteiger partial charge in [-0.25, -0.2) is 0 Å². The molecule has 2 aliphatic heterocycles. The van der Waals surface area contributed by atoms with E-state index in [9.17, 15) is 0 Å². The van der Waals surface area contributed by atoms with Gasteiger partial charge in [-0.1, -0.05) is 18.2 Å². The molecule has 1 saturated heterocycles. The smallest absolute Gasteiger partial charge is 0.0754 e. The third kappa shape index (κ3) is 2.63. The number of benzene rings is 1. The van der Waals surface area contributed by atoms with E-state index < -0.39 is 0 Å². The molecule has 0 radical (unpaired) electrons. The van der Waals surface area contributed by atoms with Gasteiger partial charge < -0.3 is 15.4 Å². The molecule has 3 unspecified atom stereocenters. The Balaban J connectivity index is 1.73. The van der Waals surface area contributed by atoms with Crippen molar-refractivity contribution in [3.05, 3.63) is 29.8 Å². The van der Waals surface area contributed by atoms with Crippen LogP contribution in [0.25, 0.3) is 0 Å². The highest BCUT2D eigenvalue weighted by molar-refractivity contribution is 5.60. The molecule has 0 spiro atoms. The molecule has 0 amide bonds. The minimum atomic E-state index is 0.402. The van der Waals surface area contributed by atoms with E-state index in [0.717, 1.165) is 26.1 Å². The van der Waals surface area contributed by atoms with E-state index in [4.69, 9.17) is 10.5 Å². The SMILES string of the molecule is CC1CCC(CN2CC(CCN)c3ccccc32)O1. The second kappa shape index (κ2) is 5.51. The standard InChI is InChI=1S/C16H24N2O/c1-12-6-7-14(19-12)11-18-10-13(8-9-17)15-4-2-3-5-16(15)18/h2-5,12-14H,6-11,17H2,1H3. The number of nitrogens with zero attached hydrogens (tertiary/aromatic N) is 1. The maximum absolute atomic E-state index is 5.97. The Bertz CT molecular complexity index is 435. The second-order valence-corrected chi connectivity index (χ2v) is 5.88. The summed E-state index contributed by atoms with van der Waals surface area (Å²) >= 11 is 0. The number of hydrogen-bond acceptors (Lipinski definition) is 3. The molecule has 3 rings (SSSR count). The van der Waals surface area contributed by atoms with Crippen molar-refractivity contribution in [1.82, 2.24) is 0 Å². The van der Waals surface area contributed by atoms with Crippen LogP contribution < -0.4 is 10.6 Å². The van der Waals surface area contributed by atoms with Crippen molar-refractivity contribution in [3.63, 3.8) is 0 Å². The summed E-state index contributed by atoms with van der Waals surface area (Å²) in [7, 11) is 0. The number of rotatable bonds is 4. The van der Waals surface area contributed by atoms with Crippen molar-refractivity contribution >= 4 is 5.69 Å². The highest BCUT2D eigenvalue weighted by Crippen LogP contribution is 2.38. The van der Waals surface area contributed by atoms with E-state index in [-0.39, 0.29) is 0 Å². The molecule has 2 aliphatic rings. The molecule has 2 N–H and O–H groups in total. The number of para-hydroxylation sites is 1. The summed E-state index contributed by atoms with van der Waals surface area (Å²) in [5.74, 6) is 0.597. The molecule has 19 heavy (non-hydrogen) atoms. The van der Waals surface area contributed by atoms with Crippen molar-refractivity contribution in [2.75, 3.05) is 24.5 Å². The zero-order valence-electron chi connectivity index (χ0n) is 11.7. The molecular formula is C16H24N2O. The van der Waals surface area contributed by atoms with Gasteiger partial charge in [0.15, 0.2) is 0 Å². The van der Waals surface area contributed by atoms with Gasteiger partial charge in [0.1, 0.15) is 0 Å². The first kappa shape index (κ1) is 12.9. The summed E-state index contributed by atoms with van der Waals surface area (Å²) < 4.78 is 5.97. The molecule has 0 saturated carbocycles. The molecule has 2 heterocycles. The molecule has 3 heteroatoms. The lowest BCUT2D eigenvalue weighted by Gasteiger charge is -2.23. The summed E-state index contributed by atoms with van der Waals surface area (Å²) in [6.07, 6.45) is 4.31. The van der Waals surface area contributed by atoms with Crippen LogP contribution in [0.15, 0.2) is 24.3 Å². The minimum Gasteiger partial charge on any atom is -0.373 e. The van der Waals surface area contributed by atoms with Gasteiger partial charge in [-0.2, -0.15) is 0 Å². The van der Waals surface area contributed by atoms with Gasteiger partial charge >= 0.3 is 0 Å².